The molecule has 0 saturated carbocycles. The van der Waals surface area contributed by atoms with Crippen LogP contribution < -0.4 is 0 Å². The molecule has 0 atom stereocenters. The number of carboxylic acid groups (broad SMARTS) is 1. The summed E-state index contributed by atoms with van der Waals surface area (Å²) in [6.45, 7) is 0. The van der Waals surface area contributed by atoms with E-state index in [4.69, 9.17) is 16.7 Å². The van der Waals surface area contributed by atoms with Crippen molar-refractivity contribution >= 4 is 39.2 Å². The quantitative estimate of drug-likeness (QED) is 0.527. The fourth-order valence-electron chi connectivity index (χ4n) is 1.22. The average molecular weight is 309 g/mol. The fraction of sp³-hybridized carbons (Fsp3) is 0.222. The van der Waals surface area contributed by atoms with Gasteiger partial charge in [0.1, 0.15) is 0 Å². The van der Waals surface area contributed by atoms with E-state index in [-0.39, 0.29) is 11.3 Å². The van der Waals surface area contributed by atoms with Crippen molar-refractivity contribution in [3.63, 3.8) is 0 Å². The Bertz CT molecular complexity index is 449. The second kappa shape index (κ2) is 5.27. The zero-order valence-corrected chi connectivity index (χ0v) is 10.3. The van der Waals surface area contributed by atoms with Crippen LogP contribution in [0.1, 0.15) is 11.1 Å². The molecule has 0 bridgehead atoms. The van der Waals surface area contributed by atoms with Crippen LogP contribution in [0.2, 0.25) is 5.02 Å². The van der Waals surface area contributed by atoms with Crippen LogP contribution in [0, 0.1) is 10.1 Å². The number of halogens is 2. The van der Waals surface area contributed by atoms with E-state index >= 15 is 0 Å². The minimum atomic E-state index is -1.13. The largest absolute Gasteiger partial charge is 0.481 e. The molecule has 0 aliphatic rings. The molecule has 1 rings (SSSR count). The van der Waals surface area contributed by atoms with Gasteiger partial charge < -0.3 is 5.11 Å². The van der Waals surface area contributed by atoms with Gasteiger partial charge in [-0.3, -0.25) is 14.9 Å². The Morgan fingerprint density at radius 1 is 1.50 bits per heavy atom. The Hall–Kier alpha value is -1.14. The van der Waals surface area contributed by atoms with Crippen LogP contribution in [0.25, 0.3) is 0 Å². The van der Waals surface area contributed by atoms with E-state index in [1.165, 1.54) is 12.1 Å². The number of hydrogen-bond donors (Lipinski definition) is 1. The molecule has 0 unspecified atom stereocenters. The van der Waals surface area contributed by atoms with E-state index in [1.54, 1.807) is 0 Å². The van der Waals surface area contributed by atoms with Gasteiger partial charge in [-0.15, -0.1) is 0 Å². The van der Waals surface area contributed by atoms with Crippen molar-refractivity contribution in [2.24, 2.45) is 0 Å². The number of rotatable bonds is 4. The number of benzene rings is 1. The van der Waals surface area contributed by atoms with Crippen molar-refractivity contribution in [3.05, 3.63) is 38.4 Å². The van der Waals surface area contributed by atoms with Crippen molar-refractivity contribution < 1.29 is 14.8 Å². The van der Waals surface area contributed by atoms with Crippen molar-refractivity contribution in [1.82, 2.24) is 0 Å². The lowest BCUT2D eigenvalue weighted by atomic mass is 10.1. The highest BCUT2D eigenvalue weighted by atomic mass is 79.9. The van der Waals surface area contributed by atoms with Gasteiger partial charge in [0.2, 0.25) is 0 Å². The van der Waals surface area contributed by atoms with Gasteiger partial charge >= 0.3 is 5.97 Å². The molecule has 1 N–H and O–H groups in total. The van der Waals surface area contributed by atoms with Crippen LogP contribution in [-0.4, -0.2) is 16.0 Å². The van der Waals surface area contributed by atoms with E-state index < -0.39 is 17.3 Å². The normalized spacial score (nSPS) is 10.1. The van der Waals surface area contributed by atoms with Gasteiger partial charge in [-0.25, -0.2) is 0 Å². The number of aliphatic carboxylic acids is 1. The molecule has 7 heteroatoms. The van der Waals surface area contributed by atoms with Crippen LogP contribution in [0.3, 0.4) is 0 Å². The molecule has 0 saturated heterocycles. The van der Waals surface area contributed by atoms with Gasteiger partial charge in [-0.2, -0.15) is 0 Å². The Balaban J connectivity index is 3.30. The number of alkyl halides is 1. The zero-order chi connectivity index (χ0) is 12.3. The number of hydrogen-bond acceptors (Lipinski definition) is 3. The number of carboxylic acids is 1. The van der Waals surface area contributed by atoms with E-state index in [0.717, 1.165) is 0 Å². The number of carbonyl (C=O) groups is 1. The molecule has 0 aromatic heterocycles. The van der Waals surface area contributed by atoms with E-state index in [1.807, 2.05) is 0 Å². The minimum absolute atomic E-state index is 0.104. The molecule has 1 aromatic rings. The molecular formula is C9H7BrClNO4. The lowest BCUT2D eigenvalue weighted by Crippen LogP contribution is -2.04. The van der Waals surface area contributed by atoms with Crippen molar-refractivity contribution in [1.29, 1.82) is 0 Å². The van der Waals surface area contributed by atoms with Crippen LogP contribution in [0.5, 0.6) is 0 Å². The number of nitrogens with zero attached hydrogens (tertiary/aromatic N) is 1. The van der Waals surface area contributed by atoms with Crippen LogP contribution in [-0.2, 0) is 16.5 Å². The lowest BCUT2D eigenvalue weighted by molar-refractivity contribution is -0.385. The Kier molecular flexibility index (Phi) is 4.26. The molecule has 0 aliphatic carbocycles. The van der Waals surface area contributed by atoms with Crippen molar-refractivity contribution in [2.75, 3.05) is 0 Å². The molecule has 86 valence electrons. The van der Waals surface area contributed by atoms with Gasteiger partial charge in [0.05, 0.1) is 11.3 Å². The third-order valence-corrected chi connectivity index (χ3v) is 2.89. The third kappa shape index (κ3) is 2.93. The van der Waals surface area contributed by atoms with Gasteiger partial charge in [0.25, 0.3) is 5.69 Å². The van der Waals surface area contributed by atoms with Gasteiger partial charge in [0.15, 0.2) is 0 Å². The molecule has 0 radical (unpaired) electrons. The summed E-state index contributed by atoms with van der Waals surface area (Å²) in [5.41, 5.74) is 0.441. The van der Waals surface area contributed by atoms with Gasteiger partial charge in [0, 0.05) is 22.0 Å². The summed E-state index contributed by atoms with van der Waals surface area (Å²) in [5.74, 6) is -1.13. The molecule has 16 heavy (non-hydrogen) atoms. The third-order valence-electron chi connectivity index (χ3n) is 1.93. The lowest BCUT2D eigenvalue weighted by Gasteiger charge is -2.04. The predicted molar refractivity (Wildman–Crippen MR) is 62.1 cm³/mol. The SMILES string of the molecule is O=C(O)Cc1cc(Cl)c(CBr)cc1[N+](=O)[O-]. The molecular weight excluding hydrogens is 301 g/mol. The van der Waals surface area contributed by atoms with Crippen LogP contribution >= 0.6 is 27.5 Å². The zero-order valence-electron chi connectivity index (χ0n) is 7.94. The molecule has 0 amide bonds. The first-order valence-corrected chi connectivity index (χ1v) is 5.69. The molecule has 1 aromatic carbocycles. The molecule has 0 fully saturated rings. The van der Waals surface area contributed by atoms with Crippen molar-refractivity contribution in [2.45, 2.75) is 11.8 Å². The summed E-state index contributed by atoms with van der Waals surface area (Å²) in [5, 5.41) is 20.0. The van der Waals surface area contributed by atoms with Crippen molar-refractivity contribution in [3.8, 4) is 0 Å². The number of nitro benzene ring substituents is 1. The highest BCUT2D eigenvalue weighted by Gasteiger charge is 2.18. The Morgan fingerprint density at radius 3 is 2.56 bits per heavy atom. The summed E-state index contributed by atoms with van der Waals surface area (Å²) >= 11 is 8.99. The second-order valence-corrected chi connectivity index (χ2v) is 4.00. The first-order chi connectivity index (χ1) is 7.45. The first-order valence-electron chi connectivity index (χ1n) is 4.19. The Labute approximate surface area is 104 Å². The minimum Gasteiger partial charge on any atom is -0.481 e. The summed E-state index contributed by atoms with van der Waals surface area (Å²) in [6, 6.07) is 2.61. The summed E-state index contributed by atoms with van der Waals surface area (Å²) < 4.78 is 0. The van der Waals surface area contributed by atoms with E-state index in [2.05, 4.69) is 15.9 Å². The van der Waals surface area contributed by atoms with Gasteiger partial charge in [-0.1, -0.05) is 27.5 Å². The van der Waals surface area contributed by atoms with Crippen LogP contribution in [0.15, 0.2) is 12.1 Å². The number of nitro groups is 1. The summed E-state index contributed by atoms with van der Waals surface area (Å²) in [4.78, 5) is 20.7. The standard InChI is InChI=1S/C9H7BrClNO4/c10-4-6-2-8(12(15)16)5(1-7(6)11)3-9(13)14/h1-2H,3-4H2,(H,13,14). The second-order valence-electron chi connectivity index (χ2n) is 3.03. The van der Waals surface area contributed by atoms with Crippen LogP contribution in [0.4, 0.5) is 5.69 Å². The molecule has 0 heterocycles. The fourth-order valence-corrected chi connectivity index (χ4v) is 2.10. The maximum atomic E-state index is 10.7. The molecule has 0 aliphatic heterocycles. The average Bonchev–Trinajstić information content (AvgIpc) is 2.16. The highest BCUT2D eigenvalue weighted by Crippen LogP contribution is 2.28. The maximum Gasteiger partial charge on any atom is 0.308 e. The highest BCUT2D eigenvalue weighted by molar-refractivity contribution is 9.08. The van der Waals surface area contributed by atoms with E-state index in [0.29, 0.717) is 15.9 Å². The predicted octanol–water partition coefficient (Wildman–Crippen LogP) is 2.77. The molecule has 5 nitrogen and oxygen atoms in total. The smallest absolute Gasteiger partial charge is 0.308 e. The Morgan fingerprint density at radius 2 is 2.12 bits per heavy atom. The van der Waals surface area contributed by atoms with Gasteiger partial charge in [-0.05, 0) is 11.6 Å². The topological polar surface area (TPSA) is 80.4 Å². The van der Waals surface area contributed by atoms with E-state index in [9.17, 15) is 14.9 Å². The monoisotopic (exact) mass is 307 g/mol. The summed E-state index contributed by atoms with van der Waals surface area (Å²) in [7, 11) is 0. The first kappa shape index (κ1) is 12.9. The summed E-state index contributed by atoms with van der Waals surface area (Å²) in [6.07, 6.45) is -0.418. The maximum absolute atomic E-state index is 10.7. The molecule has 0 spiro atoms.